The molecule has 230 valence electrons. The van der Waals surface area contributed by atoms with Gasteiger partial charge in [-0.2, -0.15) is 23.4 Å². The number of esters is 2. The van der Waals surface area contributed by atoms with Crippen LogP contribution in [0.1, 0.15) is 34.1 Å². The highest BCUT2D eigenvalue weighted by Gasteiger charge is 2.31. The Bertz CT molecular complexity index is 1720. The molecule has 18 heteroatoms. The van der Waals surface area contributed by atoms with E-state index in [-0.39, 0.29) is 29.5 Å². The molecule has 0 aliphatic heterocycles. The molecular weight excluding hydrogens is 608 g/mol. The zero-order valence-electron chi connectivity index (χ0n) is 23.4. The minimum Gasteiger partial charge on any atom is -0.481 e. The molecule has 3 N–H and O–H groups in total. The molecule has 0 radical (unpaired) electrons. The molecule has 1 heterocycles. The van der Waals surface area contributed by atoms with Crippen LogP contribution in [0.3, 0.4) is 0 Å². The number of ether oxygens (including phenoxy) is 4. The van der Waals surface area contributed by atoms with Gasteiger partial charge in [-0.15, -0.1) is 9.23 Å². The Labute approximate surface area is 247 Å². The van der Waals surface area contributed by atoms with Crippen molar-refractivity contribution in [3.63, 3.8) is 0 Å². The standard InChI is InChI=1S/C25H28N6O10S2/c1-5-14-41-23(33)17-11-7-9-13-19(17)43(36,37)30-31(25-27-20(38-2)15-21(28-25)39-3)24(26)29-42(34,35)18-12-8-6-10-16(18)22(32)40-4/h6-13,15,30H,5,14H2,1-4H3,(H2,26,29). The van der Waals surface area contributed by atoms with Gasteiger partial charge in [-0.05, 0) is 30.7 Å². The average Bonchev–Trinajstić information content (AvgIpc) is 3.01. The molecule has 0 spiro atoms. The van der Waals surface area contributed by atoms with Crippen LogP contribution >= 0.6 is 0 Å². The summed E-state index contributed by atoms with van der Waals surface area (Å²) in [5, 5.41) is 0.423. The Morgan fingerprint density at radius 3 is 1.95 bits per heavy atom. The number of nitrogens with one attached hydrogen (secondary N) is 1. The Morgan fingerprint density at radius 2 is 1.42 bits per heavy atom. The first-order chi connectivity index (χ1) is 20.4. The van der Waals surface area contributed by atoms with Gasteiger partial charge in [0.2, 0.25) is 17.7 Å². The Hall–Kier alpha value is -4.81. The van der Waals surface area contributed by atoms with Crippen LogP contribution in [0.5, 0.6) is 11.8 Å². The quantitative estimate of drug-likeness (QED) is 0.124. The van der Waals surface area contributed by atoms with Crippen LogP contribution in [0.25, 0.3) is 0 Å². The second kappa shape index (κ2) is 13.9. The number of nitrogens with zero attached hydrogens (tertiary/aromatic N) is 4. The number of carbonyl (C=O) groups excluding carboxylic acids is 2. The molecule has 2 aromatic carbocycles. The number of sulfonamides is 2. The molecule has 3 aromatic rings. The Morgan fingerprint density at radius 1 is 0.884 bits per heavy atom. The lowest BCUT2D eigenvalue weighted by Crippen LogP contribution is -2.51. The summed E-state index contributed by atoms with van der Waals surface area (Å²) in [4.78, 5) is 33.8. The molecule has 1 aromatic heterocycles. The number of hydrogen-bond donors (Lipinski definition) is 2. The summed E-state index contributed by atoms with van der Waals surface area (Å²) in [6, 6.07) is 11.4. The normalized spacial score (nSPS) is 11.9. The number of methoxy groups -OCH3 is 3. The molecule has 0 unspecified atom stereocenters. The second-order valence-electron chi connectivity index (χ2n) is 8.23. The van der Waals surface area contributed by atoms with Crippen LogP contribution in [0, 0.1) is 0 Å². The summed E-state index contributed by atoms with van der Waals surface area (Å²) < 4.78 is 77.4. The summed E-state index contributed by atoms with van der Waals surface area (Å²) in [6.45, 7) is 1.80. The van der Waals surface area contributed by atoms with Crippen LogP contribution in [-0.2, 0) is 29.5 Å². The van der Waals surface area contributed by atoms with E-state index in [9.17, 15) is 26.4 Å². The molecule has 0 aliphatic carbocycles. The smallest absolute Gasteiger partial charge is 0.339 e. The van der Waals surface area contributed by atoms with Crippen LogP contribution in [-0.4, -0.2) is 72.6 Å². The third-order valence-corrected chi connectivity index (χ3v) is 8.04. The van der Waals surface area contributed by atoms with Crippen molar-refractivity contribution in [1.82, 2.24) is 14.8 Å². The van der Waals surface area contributed by atoms with Crippen molar-refractivity contribution >= 4 is 43.9 Å². The fraction of sp³-hybridized carbons (Fsp3) is 0.240. The summed E-state index contributed by atoms with van der Waals surface area (Å²) in [5.41, 5.74) is 5.39. The van der Waals surface area contributed by atoms with Gasteiger partial charge in [0, 0.05) is 0 Å². The Kier molecular flexibility index (Phi) is 10.6. The van der Waals surface area contributed by atoms with Gasteiger partial charge >= 0.3 is 11.9 Å². The number of aromatic nitrogens is 2. The van der Waals surface area contributed by atoms with Crippen LogP contribution in [0.15, 0.2) is 68.8 Å². The number of nitrogens with two attached hydrogens (primary N) is 1. The highest BCUT2D eigenvalue weighted by atomic mass is 32.2. The van der Waals surface area contributed by atoms with Crippen molar-refractivity contribution in [3.8, 4) is 11.8 Å². The first kappa shape index (κ1) is 32.7. The first-order valence-corrected chi connectivity index (χ1v) is 15.1. The molecule has 0 amide bonds. The van der Waals surface area contributed by atoms with Crippen molar-refractivity contribution in [3.05, 3.63) is 65.7 Å². The van der Waals surface area contributed by atoms with E-state index >= 15 is 0 Å². The van der Waals surface area contributed by atoms with Gasteiger partial charge < -0.3 is 24.7 Å². The van der Waals surface area contributed by atoms with E-state index in [0.29, 0.717) is 11.4 Å². The van der Waals surface area contributed by atoms with Crippen LogP contribution in [0.2, 0.25) is 0 Å². The van der Waals surface area contributed by atoms with E-state index in [2.05, 4.69) is 23.9 Å². The lowest BCUT2D eigenvalue weighted by molar-refractivity contribution is 0.0499. The van der Waals surface area contributed by atoms with Gasteiger partial charge in [-0.1, -0.05) is 31.2 Å². The zero-order valence-corrected chi connectivity index (χ0v) is 25.0. The number of hydrogen-bond acceptors (Lipinski definition) is 12. The molecule has 3 rings (SSSR count). The summed E-state index contributed by atoms with van der Waals surface area (Å²) >= 11 is 0. The van der Waals surface area contributed by atoms with Gasteiger partial charge in [0.05, 0.1) is 50.0 Å². The van der Waals surface area contributed by atoms with E-state index in [0.717, 1.165) is 19.2 Å². The number of hydrazine groups is 1. The number of carbonyl (C=O) groups is 2. The highest BCUT2D eigenvalue weighted by molar-refractivity contribution is 7.90. The van der Waals surface area contributed by atoms with Crippen molar-refractivity contribution in [2.75, 3.05) is 32.9 Å². The summed E-state index contributed by atoms with van der Waals surface area (Å²) in [7, 11) is -5.98. The van der Waals surface area contributed by atoms with Crippen molar-refractivity contribution in [2.45, 2.75) is 23.1 Å². The van der Waals surface area contributed by atoms with Gasteiger partial charge in [-0.3, -0.25) is 0 Å². The topological polar surface area (TPSA) is 219 Å². The van der Waals surface area contributed by atoms with Gasteiger partial charge in [0.25, 0.3) is 26.0 Å². The van der Waals surface area contributed by atoms with E-state index in [1.807, 2.05) is 0 Å². The number of rotatable bonds is 12. The number of guanidine groups is 1. The molecule has 0 saturated heterocycles. The maximum Gasteiger partial charge on any atom is 0.339 e. The lowest BCUT2D eigenvalue weighted by atomic mass is 10.2. The van der Waals surface area contributed by atoms with Crippen LogP contribution < -0.4 is 25.0 Å². The van der Waals surface area contributed by atoms with E-state index < -0.39 is 53.7 Å². The lowest BCUT2D eigenvalue weighted by Gasteiger charge is -2.23. The monoisotopic (exact) mass is 636 g/mol. The highest BCUT2D eigenvalue weighted by Crippen LogP contribution is 2.24. The Balaban J connectivity index is 2.20. The van der Waals surface area contributed by atoms with Crippen molar-refractivity contribution < 1.29 is 45.4 Å². The van der Waals surface area contributed by atoms with E-state index in [1.54, 1.807) is 6.92 Å². The largest absolute Gasteiger partial charge is 0.481 e. The SMILES string of the molecule is CCCOC(=O)c1ccccc1S(=O)(=O)NN(C(N)=NS(=O)(=O)c1ccccc1C(=O)OC)c1nc(OC)cc(OC)n1. The molecule has 43 heavy (non-hydrogen) atoms. The fourth-order valence-electron chi connectivity index (χ4n) is 3.39. The van der Waals surface area contributed by atoms with E-state index in [4.69, 9.17) is 19.9 Å². The predicted octanol–water partition coefficient (Wildman–Crippen LogP) is 1.25. The molecule has 0 aliphatic rings. The van der Waals surface area contributed by atoms with Gasteiger partial charge in [0.1, 0.15) is 4.90 Å². The molecule has 0 bridgehead atoms. The minimum absolute atomic E-state index is 0.0364. The average molecular weight is 637 g/mol. The van der Waals surface area contributed by atoms with Crippen LogP contribution in [0.4, 0.5) is 5.95 Å². The van der Waals surface area contributed by atoms with Gasteiger partial charge in [0.15, 0.2) is 0 Å². The van der Waals surface area contributed by atoms with Crippen molar-refractivity contribution in [1.29, 1.82) is 0 Å². The molecule has 0 fully saturated rings. The van der Waals surface area contributed by atoms with E-state index in [1.165, 1.54) is 56.7 Å². The summed E-state index contributed by atoms with van der Waals surface area (Å²) in [5.74, 6) is -3.73. The third kappa shape index (κ3) is 7.73. The summed E-state index contributed by atoms with van der Waals surface area (Å²) in [6.07, 6.45) is 0.488. The maximum atomic E-state index is 13.6. The second-order valence-corrected chi connectivity index (χ2v) is 11.4. The molecular formula is C25H28N6O10S2. The molecule has 16 nitrogen and oxygen atoms in total. The number of anilines is 1. The maximum absolute atomic E-state index is 13.6. The van der Waals surface area contributed by atoms with Gasteiger partial charge in [-0.25, -0.2) is 18.0 Å². The third-order valence-electron chi connectivity index (χ3n) is 5.34. The van der Waals surface area contributed by atoms with Crippen molar-refractivity contribution in [2.24, 2.45) is 10.1 Å². The number of benzene rings is 2. The molecule has 0 saturated carbocycles. The molecule has 0 atom stereocenters. The fourth-order valence-corrected chi connectivity index (χ4v) is 5.70. The zero-order chi connectivity index (χ0) is 31.8. The predicted molar refractivity (Wildman–Crippen MR) is 152 cm³/mol. The minimum atomic E-state index is -4.79. The first-order valence-electron chi connectivity index (χ1n) is 12.2.